The summed E-state index contributed by atoms with van der Waals surface area (Å²) in [5.41, 5.74) is 0. The van der Waals surface area contributed by atoms with Gasteiger partial charge >= 0.3 is 7.75 Å². The first-order valence-electron chi connectivity index (χ1n) is 6.68. The van der Waals surface area contributed by atoms with Crippen molar-refractivity contribution in [2.24, 2.45) is 0 Å². The number of benzene rings is 1. The van der Waals surface area contributed by atoms with Crippen LogP contribution in [0.2, 0.25) is 0 Å². The highest BCUT2D eigenvalue weighted by atomic mass is 127. The minimum absolute atomic E-state index is 0.103. The lowest BCUT2D eigenvalue weighted by Crippen LogP contribution is -2.41. The SMILES string of the molecule is B[C@@H]1O[C@H](COP(=O)(NI)Oc2ccccc2)[C@@H](O)[C@@]1(C)Cl. The highest BCUT2D eigenvalue weighted by Gasteiger charge is 2.50. The van der Waals surface area contributed by atoms with Gasteiger partial charge in [-0.15, -0.1) is 11.6 Å². The zero-order valence-corrected chi connectivity index (χ0v) is 15.9. The molecule has 22 heavy (non-hydrogen) atoms. The van der Waals surface area contributed by atoms with Crippen LogP contribution in [0.5, 0.6) is 5.75 Å². The largest absolute Gasteiger partial charge is 0.467 e. The minimum atomic E-state index is -3.56. The molecule has 1 heterocycles. The van der Waals surface area contributed by atoms with Crippen LogP contribution >= 0.6 is 42.2 Å². The van der Waals surface area contributed by atoms with Crippen LogP contribution in [0.25, 0.3) is 0 Å². The van der Waals surface area contributed by atoms with Crippen molar-refractivity contribution in [3.63, 3.8) is 0 Å². The first-order valence-corrected chi connectivity index (χ1v) is 9.68. The number of para-hydroxylation sites is 1. The van der Waals surface area contributed by atoms with Crippen LogP contribution in [0.3, 0.4) is 0 Å². The molecular weight excluding hydrogens is 442 g/mol. The van der Waals surface area contributed by atoms with Crippen LogP contribution in [0.1, 0.15) is 6.92 Å². The van der Waals surface area contributed by atoms with Gasteiger partial charge < -0.3 is 14.4 Å². The summed E-state index contributed by atoms with van der Waals surface area (Å²) in [5.74, 6) is 0.415. The maximum absolute atomic E-state index is 12.5. The molecule has 0 saturated carbocycles. The molecule has 1 aliphatic heterocycles. The Kier molecular flexibility index (Phi) is 6.21. The average Bonchev–Trinajstić information content (AvgIpc) is 2.69. The van der Waals surface area contributed by atoms with E-state index in [9.17, 15) is 9.67 Å². The first-order chi connectivity index (χ1) is 10.3. The van der Waals surface area contributed by atoms with Crippen LogP contribution in [0.15, 0.2) is 30.3 Å². The molecule has 1 fully saturated rings. The van der Waals surface area contributed by atoms with Crippen LogP contribution in [-0.4, -0.2) is 42.6 Å². The molecular formula is C12H17BClINO5P. The second kappa shape index (κ2) is 7.38. The molecule has 0 bridgehead atoms. The average molecular weight is 459 g/mol. The normalized spacial score (nSPS) is 34.3. The lowest BCUT2D eigenvalue weighted by molar-refractivity contribution is -0.0000201. The molecule has 0 spiro atoms. The van der Waals surface area contributed by atoms with Crippen molar-refractivity contribution in [3.8, 4) is 5.75 Å². The van der Waals surface area contributed by atoms with Crippen molar-refractivity contribution in [3.05, 3.63) is 30.3 Å². The van der Waals surface area contributed by atoms with Crippen molar-refractivity contribution in [2.45, 2.75) is 30.0 Å². The summed E-state index contributed by atoms with van der Waals surface area (Å²) in [6.45, 7) is 1.59. The Labute approximate surface area is 149 Å². The Bertz CT molecular complexity index is 552. The Morgan fingerprint density at radius 1 is 1.55 bits per heavy atom. The van der Waals surface area contributed by atoms with E-state index in [1.165, 1.54) is 0 Å². The molecule has 1 aromatic carbocycles. The highest BCUT2D eigenvalue weighted by Crippen LogP contribution is 2.46. The number of ether oxygens (including phenoxy) is 1. The van der Waals surface area contributed by atoms with E-state index in [0.29, 0.717) is 5.75 Å². The first kappa shape index (κ1) is 18.5. The number of hydrogen-bond acceptors (Lipinski definition) is 5. The molecule has 0 radical (unpaired) electrons. The fraction of sp³-hybridized carbons (Fsp3) is 0.500. The lowest BCUT2D eigenvalue weighted by Gasteiger charge is -2.24. The summed E-state index contributed by atoms with van der Waals surface area (Å²) in [6, 6.07) is 8.33. The van der Waals surface area contributed by atoms with E-state index in [1.807, 2.05) is 6.07 Å². The van der Waals surface area contributed by atoms with Gasteiger partial charge in [0.25, 0.3) is 0 Å². The zero-order chi connectivity index (χ0) is 16.4. The standard InChI is InChI=1S/C12H17BClINO5P/c1-12(14)10(17)9(20-11(12)13)7-19-22(18,16-15)21-8-5-3-2-4-6-8/h2-6,9-11,17H,7,13H2,1H3,(H,16,18)/t9-,10-,11-,12-,22?/m1/s1. The maximum atomic E-state index is 12.5. The molecule has 1 unspecified atom stereocenters. The number of halogens is 2. The smallest absolute Gasteiger partial charge is 0.413 e. The van der Waals surface area contributed by atoms with Gasteiger partial charge in [-0.3, -0.25) is 4.52 Å². The van der Waals surface area contributed by atoms with Gasteiger partial charge in [-0.05, 0) is 19.1 Å². The predicted octanol–water partition coefficient (Wildman–Crippen LogP) is 1.85. The quantitative estimate of drug-likeness (QED) is 0.222. The molecule has 122 valence electrons. The fourth-order valence-electron chi connectivity index (χ4n) is 2.06. The number of rotatable bonds is 6. The van der Waals surface area contributed by atoms with Gasteiger partial charge in [0.2, 0.25) is 0 Å². The van der Waals surface area contributed by atoms with Gasteiger partial charge in [-0.1, -0.05) is 18.2 Å². The molecule has 0 aromatic heterocycles. The van der Waals surface area contributed by atoms with Crippen molar-refractivity contribution >= 4 is 50.1 Å². The third kappa shape index (κ3) is 4.17. The summed E-state index contributed by atoms with van der Waals surface area (Å²) in [4.78, 5) is -0.907. The van der Waals surface area contributed by atoms with Crippen LogP contribution < -0.4 is 7.82 Å². The number of aliphatic hydroxyl groups is 1. The monoisotopic (exact) mass is 459 g/mol. The molecule has 1 saturated heterocycles. The molecule has 2 N–H and O–H groups in total. The Morgan fingerprint density at radius 2 is 2.18 bits per heavy atom. The molecule has 5 atom stereocenters. The molecule has 0 aliphatic carbocycles. The van der Waals surface area contributed by atoms with E-state index in [4.69, 9.17) is 25.4 Å². The van der Waals surface area contributed by atoms with Crippen LogP contribution in [0.4, 0.5) is 0 Å². The lowest BCUT2D eigenvalue weighted by atomic mass is 9.85. The van der Waals surface area contributed by atoms with Crippen molar-refractivity contribution in [2.75, 3.05) is 6.61 Å². The minimum Gasteiger partial charge on any atom is -0.413 e. The van der Waals surface area contributed by atoms with Gasteiger partial charge in [0.15, 0.2) is 0 Å². The predicted molar refractivity (Wildman–Crippen MR) is 95.3 cm³/mol. The molecule has 2 rings (SSSR count). The second-order valence-corrected chi connectivity index (χ2v) is 9.06. The van der Waals surface area contributed by atoms with E-state index < -0.39 is 24.8 Å². The van der Waals surface area contributed by atoms with E-state index in [2.05, 4.69) is 3.30 Å². The number of hydrogen-bond donors (Lipinski definition) is 2. The third-order valence-electron chi connectivity index (χ3n) is 3.59. The highest BCUT2D eigenvalue weighted by molar-refractivity contribution is 14.1. The van der Waals surface area contributed by atoms with Gasteiger partial charge in [0.05, 0.1) is 11.5 Å². The Balaban J connectivity index is 1.98. The topological polar surface area (TPSA) is 77.0 Å². The van der Waals surface area contributed by atoms with Crippen molar-refractivity contribution in [1.29, 1.82) is 0 Å². The summed E-state index contributed by atoms with van der Waals surface area (Å²) in [6.07, 6.45) is -1.60. The maximum Gasteiger partial charge on any atom is 0.467 e. The van der Waals surface area contributed by atoms with Crippen LogP contribution in [-0.2, 0) is 13.8 Å². The van der Waals surface area contributed by atoms with E-state index in [0.717, 1.165) is 0 Å². The zero-order valence-electron chi connectivity index (χ0n) is 12.1. The Hall–Kier alpha value is 0.175. The molecule has 1 aromatic rings. The van der Waals surface area contributed by atoms with Gasteiger partial charge in [0.1, 0.15) is 25.8 Å². The fourth-order valence-corrected chi connectivity index (χ4v) is 3.85. The van der Waals surface area contributed by atoms with Gasteiger partial charge in [-0.25, -0.2) is 4.57 Å². The number of alkyl halides is 1. The molecule has 6 nitrogen and oxygen atoms in total. The summed E-state index contributed by atoms with van der Waals surface area (Å²) >= 11 is 7.93. The number of nitrogens with one attached hydrogen (secondary N) is 1. The molecule has 10 heteroatoms. The summed E-state index contributed by atoms with van der Waals surface area (Å²) in [7, 11) is -1.79. The van der Waals surface area contributed by atoms with Gasteiger partial charge in [-0.2, -0.15) is 3.30 Å². The van der Waals surface area contributed by atoms with Crippen molar-refractivity contribution in [1.82, 2.24) is 3.30 Å². The van der Waals surface area contributed by atoms with E-state index in [1.54, 1.807) is 61.9 Å². The molecule has 1 aliphatic rings. The van der Waals surface area contributed by atoms with E-state index >= 15 is 0 Å². The summed E-state index contributed by atoms with van der Waals surface area (Å²) in [5, 5.41) is 10.2. The van der Waals surface area contributed by atoms with Gasteiger partial charge in [0, 0.05) is 28.9 Å². The molecule has 0 amide bonds. The van der Waals surface area contributed by atoms with Crippen LogP contribution in [0, 0.1) is 0 Å². The third-order valence-corrected chi connectivity index (χ3v) is 7.04. The van der Waals surface area contributed by atoms with E-state index in [-0.39, 0.29) is 12.6 Å². The van der Waals surface area contributed by atoms with Crippen molar-refractivity contribution < 1.29 is 23.5 Å². The number of aliphatic hydroxyl groups excluding tert-OH is 1. The second-order valence-electron chi connectivity index (χ2n) is 5.19. The Morgan fingerprint density at radius 3 is 2.68 bits per heavy atom. The summed E-state index contributed by atoms with van der Waals surface area (Å²) < 4.78 is 31.3.